The molecular weight excluding hydrogens is 246 g/mol. The fraction of sp³-hybridized carbons (Fsp3) is 0.846. The highest BCUT2D eigenvalue weighted by Crippen LogP contribution is 2.13. The zero-order valence-corrected chi connectivity index (χ0v) is 12.1. The first-order valence-electron chi connectivity index (χ1n) is 6.81. The van der Waals surface area contributed by atoms with Gasteiger partial charge in [0.05, 0.1) is 0 Å². The van der Waals surface area contributed by atoms with E-state index in [1.807, 2.05) is 25.9 Å². The summed E-state index contributed by atoms with van der Waals surface area (Å²) in [6, 6.07) is 0.404. The van der Waals surface area contributed by atoms with Gasteiger partial charge in [-0.1, -0.05) is 6.92 Å². The number of nitrogens with zero attached hydrogens (tertiary/aromatic N) is 2. The minimum absolute atomic E-state index is 0.0356. The minimum atomic E-state index is -0.786. The molecule has 0 aromatic rings. The number of urea groups is 1. The van der Waals surface area contributed by atoms with Gasteiger partial charge in [0.25, 0.3) is 0 Å². The number of carboxylic acid groups (broad SMARTS) is 1. The van der Waals surface area contributed by atoms with Gasteiger partial charge in [-0.3, -0.25) is 4.79 Å². The molecule has 2 atom stereocenters. The number of nitrogens with one attached hydrogen (secondary N) is 1. The molecule has 1 heterocycles. The summed E-state index contributed by atoms with van der Waals surface area (Å²) >= 11 is 0. The summed E-state index contributed by atoms with van der Waals surface area (Å²) in [6.07, 6.45) is 1.76. The first-order valence-corrected chi connectivity index (χ1v) is 6.81. The van der Waals surface area contributed by atoms with E-state index in [4.69, 9.17) is 5.11 Å². The lowest BCUT2D eigenvalue weighted by Crippen LogP contribution is -2.42. The third-order valence-corrected chi connectivity index (χ3v) is 3.63. The van der Waals surface area contributed by atoms with Gasteiger partial charge in [0.2, 0.25) is 0 Å². The van der Waals surface area contributed by atoms with E-state index in [0.29, 0.717) is 19.0 Å². The quantitative estimate of drug-likeness (QED) is 0.750. The molecule has 6 heteroatoms. The molecule has 1 rings (SSSR count). The molecule has 0 radical (unpaired) electrons. The summed E-state index contributed by atoms with van der Waals surface area (Å²) in [5.41, 5.74) is 0. The lowest BCUT2D eigenvalue weighted by Gasteiger charge is -2.21. The van der Waals surface area contributed by atoms with E-state index in [1.165, 1.54) is 0 Å². The summed E-state index contributed by atoms with van der Waals surface area (Å²) < 4.78 is 0. The van der Waals surface area contributed by atoms with Gasteiger partial charge in [-0.15, -0.1) is 0 Å². The highest BCUT2D eigenvalue weighted by Gasteiger charge is 2.27. The second-order valence-electron chi connectivity index (χ2n) is 5.58. The van der Waals surface area contributed by atoms with E-state index in [0.717, 1.165) is 19.5 Å². The Balaban J connectivity index is 2.23. The Morgan fingerprint density at radius 3 is 2.68 bits per heavy atom. The summed E-state index contributed by atoms with van der Waals surface area (Å²) in [5, 5.41) is 11.5. The van der Waals surface area contributed by atoms with E-state index in [1.54, 1.807) is 0 Å². The minimum Gasteiger partial charge on any atom is -0.481 e. The van der Waals surface area contributed by atoms with Crippen molar-refractivity contribution in [1.29, 1.82) is 0 Å². The molecule has 110 valence electrons. The maximum absolute atomic E-state index is 11.9. The van der Waals surface area contributed by atoms with Crippen molar-refractivity contribution < 1.29 is 14.7 Å². The normalized spacial score (nSPS) is 20.6. The number of carbonyl (C=O) groups is 2. The van der Waals surface area contributed by atoms with Crippen LogP contribution in [0.15, 0.2) is 0 Å². The van der Waals surface area contributed by atoms with E-state index >= 15 is 0 Å². The lowest BCUT2D eigenvalue weighted by molar-refractivity contribution is -0.137. The Morgan fingerprint density at radius 1 is 1.47 bits per heavy atom. The molecule has 1 aliphatic rings. The van der Waals surface area contributed by atoms with Crippen LogP contribution in [0, 0.1) is 5.92 Å². The molecule has 2 unspecified atom stereocenters. The number of likely N-dealkylation sites (tertiary alicyclic amines) is 1. The first kappa shape index (κ1) is 15.8. The zero-order chi connectivity index (χ0) is 14.4. The number of amides is 2. The first-order chi connectivity index (χ1) is 8.90. The third kappa shape index (κ3) is 5.46. The Bertz CT molecular complexity index is 320. The van der Waals surface area contributed by atoms with Crippen molar-refractivity contribution in [2.24, 2.45) is 5.92 Å². The summed E-state index contributed by atoms with van der Waals surface area (Å²) in [5.74, 6) is -0.598. The average molecular weight is 271 g/mol. The number of carboxylic acids is 1. The standard InChI is InChI=1S/C13H25N3O3/c1-10(4-5-12(17)18)8-14-13(19)16-7-6-11(9-16)15(2)3/h10-11H,4-9H2,1-3H3,(H,14,19)(H,17,18). The molecule has 0 aliphatic carbocycles. The number of rotatable bonds is 6. The van der Waals surface area contributed by atoms with Gasteiger partial charge >= 0.3 is 12.0 Å². The van der Waals surface area contributed by atoms with Gasteiger partial charge in [0.15, 0.2) is 0 Å². The second-order valence-corrected chi connectivity index (χ2v) is 5.58. The molecule has 19 heavy (non-hydrogen) atoms. The van der Waals surface area contributed by atoms with Gasteiger partial charge in [0.1, 0.15) is 0 Å². The highest BCUT2D eigenvalue weighted by atomic mass is 16.4. The third-order valence-electron chi connectivity index (χ3n) is 3.63. The van der Waals surface area contributed by atoms with Crippen molar-refractivity contribution in [2.45, 2.75) is 32.2 Å². The Kier molecular flexibility index (Phi) is 6.08. The fourth-order valence-corrected chi connectivity index (χ4v) is 2.19. The smallest absolute Gasteiger partial charge is 0.317 e. The van der Waals surface area contributed by atoms with Gasteiger partial charge in [-0.25, -0.2) is 4.79 Å². The van der Waals surface area contributed by atoms with E-state index in [-0.39, 0.29) is 18.4 Å². The van der Waals surface area contributed by atoms with Crippen LogP contribution in [0.3, 0.4) is 0 Å². The molecule has 0 aromatic heterocycles. The number of likely N-dealkylation sites (N-methyl/N-ethyl adjacent to an activating group) is 1. The summed E-state index contributed by atoms with van der Waals surface area (Å²) in [6.45, 7) is 4.05. The summed E-state index contributed by atoms with van der Waals surface area (Å²) in [4.78, 5) is 26.4. The van der Waals surface area contributed by atoms with E-state index in [9.17, 15) is 9.59 Å². The van der Waals surface area contributed by atoms with Crippen LogP contribution in [0.4, 0.5) is 4.79 Å². The number of aliphatic carboxylic acids is 1. The number of carbonyl (C=O) groups excluding carboxylic acids is 1. The van der Waals surface area contributed by atoms with Crippen LogP contribution < -0.4 is 5.32 Å². The van der Waals surface area contributed by atoms with Crippen LogP contribution in [0.2, 0.25) is 0 Å². The molecule has 0 bridgehead atoms. The zero-order valence-electron chi connectivity index (χ0n) is 12.1. The largest absolute Gasteiger partial charge is 0.481 e. The molecule has 1 aliphatic heterocycles. The molecule has 0 spiro atoms. The Morgan fingerprint density at radius 2 is 2.16 bits per heavy atom. The monoisotopic (exact) mass is 271 g/mol. The maximum atomic E-state index is 11.9. The molecule has 0 aromatic carbocycles. The highest BCUT2D eigenvalue weighted by molar-refractivity contribution is 5.74. The lowest BCUT2D eigenvalue weighted by atomic mass is 10.1. The summed E-state index contributed by atoms with van der Waals surface area (Å²) in [7, 11) is 4.06. The van der Waals surface area contributed by atoms with Crippen molar-refractivity contribution in [1.82, 2.24) is 15.1 Å². The van der Waals surface area contributed by atoms with Gasteiger partial charge in [0, 0.05) is 32.1 Å². The molecule has 0 saturated carbocycles. The Hall–Kier alpha value is -1.30. The van der Waals surface area contributed by atoms with Crippen LogP contribution in [0.5, 0.6) is 0 Å². The molecule has 1 fully saturated rings. The molecule has 2 N–H and O–H groups in total. The predicted molar refractivity (Wildman–Crippen MR) is 73.1 cm³/mol. The Labute approximate surface area is 114 Å². The molecule has 6 nitrogen and oxygen atoms in total. The van der Waals surface area contributed by atoms with Gasteiger partial charge < -0.3 is 20.2 Å². The van der Waals surface area contributed by atoms with Crippen LogP contribution in [0.25, 0.3) is 0 Å². The predicted octanol–water partition coefficient (Wildman–Crippen LogP) is 0.833. The second kappa shape index (κ2) is 7.33. The van der Waals surface area contributed by atoms with Crippen molar-refractivity contribution in [2.75, 3.05) is 33.7 Å². The van der Waals surface area contributed by atoms with Crippen LogP contribution in [-0.4, -0.2) is 66.7 Å². The topological polar surface area (TPSA) is 72.9 Å². The molecular formula is C13H25N3O3. The number of hydrogen-bond acceptors (Lipinski definition) is 3. The maximum Gasteiger partial charge on any atom is 0.317 e. The van der Waals surface area contributed by atoms with E-state index < -0.39 is 5.97 Å². The van der Waals surface area contributed by atoms with Crippen LogP contribution >= 0.6 is 0 Å². The van der Waals surface area contributed by atoms with Crippen LogP contribution in [-0.2, 0) is 4.79 Å². The SMILES string of the molecule is CC(CCC(=O)O)CNC(=O)N1CCC(N(C)C)C1. The van der Waals surface area contributed by atoms with Crippen molar-refractivity contribution in [3.63, 3.8) is 0 Å². The van der Waals surface area contributed by atoms with Gasteiger partial charge in [-0.05, 0) is 32.9 Å². The van der Waals surface area contributed by atoms with Crippen molar-refractivity contribution in [3.05, 3.63) is 0 Å². The van der Waals surface area contributed by atoms with Crippen molar-refractivity contribution in [3.8, 4) is 0 Å². The fourth-order valence-electron chi connectivity index (χ4n) is 2.19. The van der Waals surface area contributed by atoms with Crippen LogP contribution in [0.1, 0.15) is 26.2 Å². The van der Waals surface area contributed by atoms with Crippen molar-refractivity contribution >= 4 is 12.0 Å². The van der Waals surface area contributed by atoms with Gasteiger partial charge in [-0.2, -0.15) is 0 Å². The molecule has 2 amide bonds. The number of hydrogen-bond donors (Lipinski definition) is 2. The van der Waals surface area contributed by atoms with E-state index in [2.05, 4.69) is 10.2 Å². The molecule has 1 saturated heterocycles. The average Bonchev–Trinajstić information content (AvgIpc) is 2.83.